The molecule has 0 bridgehead atoms. The molecule has 2 aromatic carbocycles. The van der Waals surface area contributed by atoms with E-state index < -0.39 is 0 Å². The highest BCUT2D eigenvalue weighted by Gasteiger charge is 2.19. The highest BCUT2D eigenvalue weighted by atomic mass is 35.5. The van der Waals surface area contributed by atoms with Crippen LogP contribution in [0.2, 0.25) is 10.0 Å². The molecule has 3 heterocycles. The van der Waals surface area contributed by atoms with Crippen LogP contribution in [0.5, 0.6) is 0 Å². The summed E-state index contributed by atoms with van der Waals surface area (Å²) in [4.78, 5) is 17.0. The maximum atomic E-state index is 12.2. The number of carbonyl (C=O) groups excluding carboxylic acids is 1. The van der Waals surface area contributed by atoms with Crippen LogP contribution in [-0.2, 0) is 6.54 Å². The summed E-state index contributed by atoms with van der Waals surface area (Å²) in [6, 6.07) is 18.9. The highest BCUT2D eigenvalue weighted by molar-refractivity contribution is 6.34. The van der Waals surface area contributed by atoms with Crippen molar-refractivity contribution in [3.05, 3.63) is 94.2 Å². The Balaban J connectivity index is 1.54. The van der Waals surface area contributed by atoms with Crippen molar-refractivity contribution >= 4 is 34.6 Å². The van der Waals surface area contributed by atoms with Gasteiger partial charge in [0.05, 0.1) is 23.5 Å². The van der Waals surface area contributed by atoms with Crippen LogP contribution in [0.15, 0.2) is 73.1 Å². The van der Waals surface area contributed by atoms with Gasteiger partial charge in [0.2, 0.25) is 0 Å². The zero-order chi connectivity index (χ0) is 22.9. The molecule has 0 radical (unpaired) electrons. The number of pyridine rings is 1. The number of aromatic nitrogens is 5. The number of fused-ring (bicyclic) bond motifs is 1. The first-order chi connectivity index (χ1) is 16.0. The van der Waals surface area contributed by atoms with Crippen molar-refractivity contribution in [3.8, 4) is 22.6 Å². The average Bonchev–Trinajstić information content (AvgIpc) is 3.44. The van der Waals surface area contributed by atoms with E-state index in [9.17, 15) is 4.79 Å². The molecule has 5 rings (SSSR count). The first-order valence-corrected chi connectivity index (χ1v) is 11.2. The number of hydrogen-bond donors (Lipinski definition) is 0. The van der Waals surface area contributed by atoms with Gasteiger partial charge < -0.3 is 0 Å². The number of rotatable bonds is 6. The van der Waals surface area contributed by atoms with Crippen molar-refractivity contribution < 1.29 is 4.79 Å². The van der Waals surface area contributed by atoms with Gasteiger partial charge in [-0.25, -0.2) is 9.67 Å². The fourth-order valence-corrected chi connectivity index (χ4v) is 4.14. The van der Waals surface area contributed by atoms with Crippen LogP contribution in [0.1, 0.15) is 29.3 Å². The number of ketones is 1. The molecule has 8 heteroatoms. The molecule has 0 atom stereocenters. The Kier molecular flexibility index (Phi) is 5.70. The van der Waals surface area contributed by atoms with Gasteiger partial charge in [-0.1, -0.05) is 59.6 Å². The number of nitrogens with zero attached hydrogens (tertiary/aromatic N) is 5. The third kappa shape index (κ3) is 4.15. The first-order valence-electron chi connectivity index (χ1n) is 10.5. The third-order valence-corrected chi connectivity index (χ3v) is 6.01. The molecule has 0 aliphatic heterocycles. The maximum absolute atomic E-state index is 12.2. The van der Waals surface area contributed by atoms with Gasteiger partial charge in [-0.2, -0.15) is 0 Å². The van der Waals surface area contributed by atoms with E-state index in [0.29, 0.717) is 34.3 Å². The summed E-state index contributed by atoms with van der Waals surface area (Å²) in [5, 5.41) is 9.89. The summed E-state index contributed by atoms with van der Waals surface area (Å²) in [6.07, 6.45) is 4.24. The second-order valence-electron chi connectivity index (χ2n) is 7.64. The van der Waals surface area contributed by atoms with Gasteiger partial charge in [0.1, 0.15) is 17.0 Å². The molecule has 164 valence electrons. The number of carbonyl (C=O) groups is 1. The molecular formula is C25H19Cl2N5O. The predicted octanol–water partition coefficient (Wildman–Crippen LogP) is 6.21. The van der Waals surface area contributed by atoms with Crippen LogP contribution in [0, 0.1) is 0 Å². The number of halogens is 2. The van der Waals surface area contributed by atoms with Crippen LogP contribution < -0.4 is 0 Å². The number of Topliss-reactive ketones (excluding diaryl/α,β-unsaturated/α-hetero) is 1. The minimum atomic E-state index is 0.0134. The molecule has 0 fully saturated rings. The lowest BCUT2D eigenvalue weighted by Crippen LogP contribution is -2.04. The van der Waals surface area contributed by atoms with E-state index in [1.54, 1.807) is 10.7 Å². The molecule has 0 amide bonds. The van der Waals surface area contributed by atoms with E-state index >= 15 is 0 Å². The molecular weight excluding hydrogens is 457 g/mol. The van der Waals surface area contributed by atoms with E-state index in [1.807, 2.05) is 78.3 Å². The number of hydrogen-bond acceptors (Lipinski definition) is 4. The van der Waals surface area contributed by atoms with E-state index in [2.05, 4.69) is 10.3 Å². The van der Waals surface area contributed by atoms with Gasteiger partial charge in [0.15, 0.2) is 5.78 Å². The summed E-state index contributed by atoms with van der Waals surface area (Å²) in [5.74, 6) is 0.0134. The second-order valence-corrected chi connectivity index (χ2v) is 8.48. The molecule has 0 saturated carbocycles. The Morgan fingerprint density at radius 3 is 2.64 bits per heavy atom. The highest BCUT2D eigenvalue weighted by Crippen LogP contribution is 2.32. The average molecular weight is 476 g/mol. The Morgan fingerprint density at radius 2 is 1.85 bits per heavy atom. The summed E-state index contributed by atoms with van der Waals surface area (Å²) >= 11 is 12.3. The van der Waals surface area contributed by atoms with Crippen LogP contribution in [-0.4, -0.2) is 30.2 Å². The SMILES string of the molecule is CCC(=O)c1cc(Cn2cc(-c3c(-c4ccc(Cl)cc4)nc4ccccn34)nn2)ccc1Cl. The fraction of sp³-hybridized carbons (Fsp3) is 0.120. The van der Waals surface area contributed by atoms with Crippen molar-refractivity contribution in [1.82, 2.24) is 24.4 Å². The lowest BCUT2D eigenvalue weighted by molar-refractivity contribution is 0.0988. The van der Waals surface area contributed by atoms with Gasteiger partial charge in [-0.05, 0) is 42.0 Å². The molecule has 5 aromatic rings. The molecule has 0 aliphatic carbocycles. The lowest BCUT2D eigenvalue weighted by Gasteiger charge is -2.06. The minimum absolute atomic E-state index is 0.0134. The lowest BCUT2D eigenvalue weighted by atomic mass is 10.1. The quantitative estimate of drug-likeness (QED) is 0.274. The molecule has 33 heavy (non-hydrogen) atoms. The zero-order valence-electron chi connectivity index (χ0n) is 17.7. The van der Waals surface area contributed by atoms with Crippen LogP contribution >= 0.6 is 23.2 Å². The normalized spacial score (nSPS) is 11.2. The molecule has 0 spiro atoms. The monoisotopic (exact) mass is 475 g/mol. The Morgan fingerprint density at radius 1 is 1.03 bits per heavy atom. The smallest absolute Gasteiger partial charge is 0.164 e. The van der Waals surface area contributed by atoms with E-state index in [4.69, 9.17) is 28.2 Å². The Hall–Kier alpha value is -3.48. The molecule has 0 aliphatic rings. The molecule has 0 N–H and O–H groups in total. The largest absolute Gasteiger partial charge is 0.298 e. The second kappa shape index (κ2) is 8.81. The van der Waals surface area contributed by atoms with Gasteiger partial charge in [0, 0.05) is 28.8 Å². The first kappa shape index (κ1) is 21.4. The van der Waals surface area contributed by atoms with Crippen molar-refractivity contribution in [2.24, 2.45) is 0 Å². The molecule has 6 nitrogen and oxygen atoms in total. The minimum Gasteiger partial charge on any atom is -0.298 e. The molecule has 3 aromatic heterocycles. The fourth-order valence-electron chi connectivity index (χ4n) is 3.80. The summed E-state index contributed by atoms with van der Waals surface area (Å²) < 4.78 is 3.74. The van der Waals surface area contributed by atoms with E-state index in [-0.39, 0.29) is 5.78 Å². The predicted molar refractivity (Wildman–Crippen MR) is 130 cm³/mol. The standard InChI is InChI=1S/C25H19Cl2N5O/c1-2-22(33)19-13-16(6-11-20(19)27)14-31-15-21(29-30-31)25-24(17-7-9-18(26)10-8-17)28-23-5-3-4-12-32(23)25/h3-13,15H,2,14H2,1H3. The molecule has 0 saturated heterocycles. The Bertz CT molecular complexity index is 1470. The van der Waals surface area contributed by atoms with Crippen LogP contribution in [0.25, 0.3) is 28.3 Å². The van der Waals surface area contributed by atoms with E-state index in [1.165, 1.54) is 0 Å². The molecule has 0 unspecified atom stereocenters. The van der Waals surface area contributed by atoms with Crippen molar-refractivity contribution in [1.29, 1.82) is 0 Å². The van der Waals surface area contributed by atoms with Crippen LogP contribution in [0.3, 0.4) is 0 Å². The van der Waals surface area contributed by atoms with Crippen molar-refractivity contribution in [2.75, 3.05) is 0 Å². The van der Waals surface area contributed by atoms with E-state index in [0.717, 1.165) is 28.2 Å². The van der Waals surface area contributed by atoms with Gasteiger partial charge in [-0.3, -0.25) is 9.20 Å². The third-order valence-electron chi connectivity index (χ3n) is 5.43. The number of benzene rings is 2. The topological polar surface area (TPSA) is 65.1 Å². The Labute approximate surface area is 200 Å². The maximum Gasteiger partial charge on any atom is 0.164 e. The summed E-state index contributed by atoms with van der Waals surface area (Å²) in [7, 11) is 0. The van der Waals surface area contributed by atoms with Gasteiger partial charge in [-0.15, -0.1) is 5.10 Å². The summed E-state index contributed by atoms with van der Waals surface area (Å²) in [5.41, 5.74) is 5.54. The van der Waals surface area contributed by atoms with Gasteiger partial charge >= 0.3 is 0 Å². The van der Waals surface area contributed by atoms with Gasteiger partial charge in [0.25, 0.3) is 0 Å². The van der Waals surface area contributed by atoms with Crippen molar-refractivity contribution in [3.63, 3.8) is 0 Å². The number of imidazole rings is 1. The zero-order valence-corrected chi connectivity index (χ0v) is 19.3. The van der Waals surface area contributed by atoms with Crippen LogP contribution in [0.4, 0.5) is 0 Å². The van der Waals surface area contributed by atoms with Crippen molar-refractivity contribution in [2.45, 2.75) is 19.9 Å². The summed E-state index contributed by atoms with van der Waals surface area (Å²) in [6.45, 7) is 2.28.